The number of benzene rings is 1. The van der Waals surface area contributed by atoms with Crippen molar-refractivity contribution in [3.63, 3.8) is 0 Å². The minimum absolute atomic E-state index is 0.0320. The van der Waals surface area contributed by atoms with Crippen molar-refractivity contribution in [3.8, 4) is 10.7 Å². The lowest BCUT2D eigenvalue weighted by Gasteiger charge is -2.10. The van der Waals surface area contributed by atoms with Gasteiger partial charge in [0.15, 0.2) is 11.0 Å². The van der Waals surface area contributed by atoms with E-state index in [1.165, 1.54) is 17.8 Å². The average molecular weight is 426 g/mol. The van der Waals surface area contributed by atoms with Gasteiger partial charge in [-0.25, -0.2) is 0 Å². The zero-order chi connectivity index (χ0) is 20.1. The quantitative estimate of drug-likeness (QED) is 0.567. The third kappa shape index (κ3) is 4.93. The molecule has 148 valence electrons. The number of hydrogen-bond acceptors (Lipinski definition) is 5. The van der Waals surface area contributed by atoms with Crippen molar-refractivity contribution in [1.82, 2.24) is 20.1 Å². The van der Waals surface area contributed by atoms with Gasteiger partial charge in [0, 0.05) is 13.1 Å². The normalized spacial score (nSPS) is 11.6. The van der Waals surface area contributed by atoms with Crippen molar-refractivity contribution in [2.45, 2.75) is 31.3 Å². The van der Waals surface area contributed by atoms with Gasteiger partial charge in [-0.15, -0.1) is 21.5 Å². The van der Waals surface area contributed by atoms with Gasteiger partial charge >= 0.3 is 6.18 Å². The maximum Gasteiger partial charge on any atom is 0.416 e. The molecule has 3 aromatic rings. The first kappa shape index (κ1) is 20.4. The van der Waals surface area contributed by atoms with Crippen LogP contribution in [-0.2, 0) is 24.1 Å². The number of halogens is 3. The van der Waals surface area contributed by atoms with Crippen LogP contribution in [0.25, 0.3) is 10.7 Å². The van der Waals surface area contributed by atoms with Gasteiger partial charge in [-0.1, -0.05) is 30.0 Å². The Balaban J connectivity index is 1.57. The van der Waals surface area contributed by atoms with E-state index in [1.54, 1.807) is 17.4 Å². The van der Waals surface area contributed by atoms with Gasteiger partial charge in [-0.05, 0) is 36.1 Å². The van der Waals surface area contributed by atoms with Crippen LogP contribution in [0.4, 0.5) is 13.2 Å². The van der Waals surface area contributed by atoms with Crippen LogP contribution >= 0.6 is 23.1 Å². The number of carbonyl (C=O) groups is 1. The molecule has 0 aliphatic carbocycles. The van der Waals surface area contributed by atoms with E-state index in [2.05, 4.69) is 15.5 Å². The summed E-state index contributed by atoms with van der Waals surface area (Å²) in [4.78, 5) is 13.1. The monoisotopic (exact) mass is 426 g/mol. The number of thioether (sulfide) groups is 1. The van der Waals surface area contributed by atoms with Crippen LogP contribution in [0.2, 0.25) is 0 Å². The van der Waals surface area contributed by atoms with Gasteiger partial charge in [0.2, 0.25) is 5.91 Å². The van der Waals surface area contributed by atoms with Gasteiger partial charge in [0.25, 0.3) is 0 Å². The highest BCUT2D eigenvalue weighted by atomic mass is 32.2. The Morgan fingerprint density at radius 3 is 2.75 bits per heavy atom. The van der Waals surface area contributed by atoms with Crippen molar-refractivity contribution in [2.24, 2.45) is 0 Å². The fourth-order valence-corrected chi connectivity index (χ4v) is 4.06. The summed E-state index contributed by atoms with van der Waals surface area (Å²) < 4.78 is 40.2. The number of alkyl halides is 3. The van der Waals surface area contributed by atoms with E-state index in [0.29, 0.717) is 17.3 Å². The first-order chi connectivity index (χ1) is 13.4. The van der Waals surface area contributed by atoms with E-state index >= 15 is 0 Å². The van der Waals surface area contributed by atoms with E-state index in [0.717, 1.165) is 22.8 Å². The molecule has 0 atom stereocenters. The minimum Gasteiger partial charge on any atom is -0.351 e. The summed E-state index contributed by atoms with van der Waals surface area (Å²) in [5.74, 6) is 0.566. The van der Waals surface area contributed by atoms with E-state index in [9.17, 15) is 18.0 Å². The largest absolute Gasteiger partial charge is 0.416 e. The van der Waals surface area contributed by atoms with E-state index in [-0.39, 0.29) is 18.2 Å². The molecule has 0 fully saturated rings. The number of rotatable bonds is 7. The molecule has 1 aromatic carbocycles. The molecule has 0 spiro atoms. The SMILES string of the molecule is CCn1c(SCC(=O)NCc2cccc(C(F)(F)F)c2)nnc1-c1cccs1. The molecule has 1 amide bonds. The van der Waals surface area contributed by atoms with Gasteiger partial charge in [-0.3, -0.25) is 4.79 Å². The second kappa shape index (κ2) is 8.78. The molecule has 0 aliphatic rings. The third-order valence-corrected chi connectivity index (χ3v) is 5.68. The summed E-state index contributed by atoms with van der Waals surface area (Å²) in [6, 6.07) is 8.80. The Kier molecular flexibility index (Phi) is 6.40. The second-order valence-corrected chi connectivity index (χ2v) is 7.68. The Morgan fingerprint density at radius 2 is 2.07 bits per heavy atom. The molecular formula is C18H17F3N4OS2. The molecule has 0 saturated carbocycles. The number of hydrogen-bond donors (Lipinski definition) is 1. The van der Waals surface area contributed by atoms with Gasteiger partial charge in [0.05, 0.1) is 16.2 Å². The summed E-state index contributed by atoms with van der Waals surface area (Å²) >= 11 is 2.80. The molecule has 0 saturated heterocycles. The zero-order valence-electron chi connectivity index (χ0n) is 14.9. The Morgan fingerprint density at radius 1 is 1.25 bits per heavy atom. The smallest absolute Gasteiger partial charge is 0.351 e. The van der Waals surface area contributed by atoms with Crippen LogP contribution in [0.15, 0.2) is 46.9 Å². The average Bonchev–Trinajstić information content (AvgIpc) is 3.33. The maximum absolute atomic E-state index is 12.7. The van der Waals surface area contributed by atoms with Gasteiger partial charge in [-0.2, -0.15) is 13.2 Å². The molecule has 2 aromatic heterocycles. The molecule has 0 bridgehead atoms. The van der Waals surface area contributed by atoms with Crippen molar-refractivity contribution in [2.75, 3.05) is 5.75 Å². The molecule has 0 radical (unpaired) electrons. The molecule has 28 heavy (non-hydrogen) atoms. The van der Waals surface area contributed by atoms with Crippen molar-refractivity contribution >= 4 is 29.0 Å². The predicted molar refractivity (Wildman–Crippen MR) is 103 cm³/mol. The molecule has 5 nitrogen and oxygen atoms in total. The molecule has 10 heteroatoms. The number of nitrogens with zero attached hydrogens (tertiary/aromatic N) is 3. The number of thiophene rings is 1. The van der Waals surface area contributed by atoms with Gasteiger partial charge in [0.1, 0.15) is 0 Å². The molecule has 0 aliphatic heterocycles. The van der Waals surface area contributed by atoms with Crippen molar-refractivity contribution in [1.29, 1.82) is 0 Å². The van der Waals surface area contributed by atoms with Crippen LogP contribution in [0.5, 0.6) is 0 Å². The number of nitrogens with one attached hydrogen (secondary N) is 1. The van der Waals surface area contributed by atoms with Crippen LogP contribution in [0.3, 0.4) is 0 Å². The topological polar surface area (TPSA) is 59.8 Å². The lowest BCUT2D eigenvalue weighted by Crippen LogP contribution is -2.25. The number of amides is 1. The lowest BCUT2D eigenvalue weighted by molar-refractivity contribution is -0.137. The summed E-state index contributed by atoms with van der Waals surface area (Å²) in [7, 11) is 0. The highest BCUT2D eigenvalue weighted by Gasteiger charge is 2.30. The van der Waals surface area contributed by atoms with Gasteiger partial charge < -0.3 is 9.88 Å². The fourth-order valence-electron chi connectivity index (χ4n) is 2.51. The van der Waals surface area contributed by atoms with Crippen LogP contribution in [0.1, 0.15) is 18.1 Å². The lowest BCUT2D eigenvalue weighted by atomic mass is 10.1. The zero-order valence-corrected chi connectivity index (χ0v) is 16.5. The third-order valence-electron chi connectivity index (χ3n) is 3.85. The molecule has 2 heterocycles. The fraction of sp³-hybridized carbons (Fsp3) is 0.278. The Labute approximate surface area is 168 Å². The second-order valence-electron chi connectivity index (χ2n) is 5.79. The Bertz CT molecular complexity index is 939. The molecule has 1 N–H and O–H groups in total. The molecule has 0 unspecified atom stereocenters. The molecular weight excluding hydrogens is 409 g/mol. The number of carbonyl (C=O) groups excluding carboxylic acids is 1. The highest BCUT2D eigenvalue weighted by molar-refractivity contribution is 7.99. The Hall–Kier alpha value is -2.33. The maximum atomic E-state index is 12.7. The van der Waals surface area contributed by atoms with Crippen LogP contribution in [-0.4, -0.2) is 26.4 Å². The standard InChI is InChI=1S/C18H17F3N4OS2/c1-2-25-16(14-7-4-8-27-14)23-24-17(25)28-11-15(26)22-10-12-5-3-6-13(9-12)18(19,20)21/h3-9H,2,10-11H2,1H3,(H,22,26). The highest BCUT2D eigenvalue weighted by Crippen LogP contribution is 2.29. The van der Waals surface area contributed by atoms with E-state index in [4.69, 9.17) is 0 Å². The first-order valence-corrected chi connectivity index (χ1v) is 10.3. The van der Waals surface area contributed by atoms with Crippen LogP contribution < -0.4 is 5.32 Å². The number of aromatic nitrogens is 3. The van der Waals surface area contributed by atoms with Crippen molar-refractivity contribution < 1.29 is 18.0 Å². The summed E-state index contributed by atoms with van der Waals surface area (Å²) in [5.41, 5.74) is -0.337. The predicted octanol–water partition coefficient (Wildman–Crippen LogP) is 4.45. The van der Waals surface area contributed by atoms with Crippen LogP contribution in [0, 0.1) is 0 Å². The van der Waals surface area contributed by atoms with E-state index in [1.807, 2.05) is 29.0 Å². The van der Waals surface area contributed by atoms with Crippen molar-refractivity contribution in [3.05, 3.63) is 52.9 Å². The summed E-state index contributed by atoms with van der Waals surface area (Å²) in [6.07, 6.45) is -4.40. The molecule has 3 rings (SSSR count). The minimum atomic E-state index is -4.40. The first-order valence-electron chi connectivity index (χ1n) is 8.41. The summed E-state index contributed by atoms with van der Waals surface area (Å²) in [6.45, 7) is 2.66. The van der Waals surface area contributed by atoms with E-state index < -0.39 is 11.7 Å². The summed E-state index contributed by atoms with van der Waals surface area (Å²) in [5, 5.41) is 13.6.